The quantitative estimate of drug-likeness (QED) is 0.171. The number of aromatic nitrogens is 3. The number of aliphatic hydroxyl groups excluding tert-OH is 2. The molecule has 20 heteroatoms. The zero-order valence-electron chi connectivity index (χ0n) is 18.4. The molecular formula is C17H21N4O13P3. The molecule has 0 saturated carbocycles. The molecule has 6 atom stereocenters. The van der Waals surface area contributed by atoms with Gasteiger partial charge in [-0.1, -0.05) is 30.3 Å². The second-order valence-corrected chi connectivity index (χ2v) is 12.1. The van der Waals surface area contributed by atoms with E-state index >= 15 is 0 Å². The molecule has 2 aromatic heterocycles. The van der Waals surface area contributed by atoms with E-state index in [1.165, 1.54) is 10.9 Å². The minimum atomic E-state index is -5.73. The molecule has 3 aromatic rings. The lowest BCUT2D eigenvalue weighted by atomic mass is 10.1. The van der Waals surface area contributed by atoms with Crippen LogP contribution in [0.2, 0.25) is 0 Å². The maximum Gasteiger partial charge on any atom is 0.490 e. The molecule has 37 heavy (non-hydrogen) atoms. The summed E-state index contributed by atoms with van der Waals surface area (Å²) in [6.07, 6.45) is -3.30. The van der Waals surface area contributed by atoms with Crippen molar-refractivity contribution >= 4 is 40.3 Å². The molecule has 0 radical (unpaired) electrons. The van der Waals surface area contributed by atoms with Gasteiger partial charge in [-0.2, -0.15) is 8.62 Å². The van der Waals surface area contributed by atoms with Crippen LogP contribution in [0.3, 0.4) is 0 Å². The summed E-state index contributed by atoms with van der Waals surface area (Å²) in [5.74, 6) is 0.139. The van der Waals surface area contributed by atoms with Crippen LogP contribution in [-0.4, -0.2) is 69.2 Å². The molecule has 1 saturated heterocycles. The highest BCUT2D eigenvalue weighted by atomic mass is 31.3. The standard InChI is InChI=1S/C17H21N4O13P3/c18-15-12-10(9-4-2-1-3-5-9)6-21(16(12)20-8-19-15)17-14(23)13(22)11(32-17)7-31-36(27,28)34-37(29,30)33-35(24,25)26/h1-6,8,11,13-14,17,22-23H,7H2,(H,27,28)(H,29,30)(H2,18,19,20)(H2,24,25,26)/t11-,13?,14+,17-/m1/s1. The predicted octanol–water partition coefficient (Wildman–Crippen LogP) is 0.643. The van der Waals surface area contributed by atoms with E-state index in [0.717, 1.165) is 5.56 Å². The Labute approximate surface area is 207 Å². The molecule has 0 amide bonds. The van der Waals surface area contributed by atoms with Crippen LogP contribution in [0.1, 0.15) is 6.23 Å². The van der Waals surface area contributed by atoms with Gasteiger partial charge in [0.1, 0.15) is 36.1 Å². The molecule has 4 rings (SSSR count). The van der Waals surface area contributed by atoms with E-state index < -0.39 is 54.6 Å². The van der Waals surface area contributed by atoms with Crippen LogP contribution in [0.5, 0.6) is 0 Å². The van der Waals surface area contributed by atoms with Gasteiger partial charge in [0.15, 0.2) is 6.23 Å². The van der Waals surface area contributed by atoms with Gasteiger partial charge in [0.2, 0.25) is 0 Å². The average molecular weight is 582 g/mol. The lowest BCUT2D eigenvalue weighted by Crippen LogP contribution is -2.33. The van der Waals surface area contributed by atoms with Gasteiger partial charge >= 0.3 is 23.5 Å². The van der Waals surface area contributed by atoms with Crippen LogP contribution in [0.15, 0.2) is 42.9 Å². The fourth-order valence-electron chi connectivity index (χ4n) is 3.71. The predicted molar refractivity (Wildman–Crippen MR) is 123 cm³/mol. The Balaban J connectivity index is 1.56. The Morgan fingerprint density at radius 1 is 0.973 bits per heavy atom. The van der Waals surface area contributed by atoms with Gasteiger partial charge in [-0.15, -0.1) is 0 Å². The minimum absolute atomic E-state index is 0.139. The summed E-state index contributed by atoms with van der Waals surface area (Å²) in [7, 11) is -16.8. The number of fused-ring (bicyclic) bond motifs is 1. The highest BCUT2D eigenvalue weighted by Crippen LogP contribution is 2.66. The van der Waals surface area contributed by atoms with Gasteiger partial charge in [0, 0.05) is 11.8 Å². The van der Waals surface area contributed by atoms with E-state index in [4.69, 9.17) is 20.3 Å². The molecule has 1 aliphatic heterocycles. The normalized spacial score (nSPS) is 25.7. The number of ether oxygens (including phenoxy) is 1. The largest absolute Gasteiger partial charge is 0.490 e. The molecule has 17 nitrogen and oxygen atoms in total. The molecule has 1 aromatic carbocycles. The van der Waals surface area contributed by atoms with Crippen molar-refractivity contribution in [2.75, 3.05) is 12.3 Å². The highest BCUT2D eigenvalue weighted by molar-refractivity contribution is 7.66. The SMILES string of the molecule is Nc1ncnc2c1c(-c1ccccc1)cn2[C@@H]1O[C@H](COP(=O)(O)OP(=O)(O)OP(=O)(O)O)C(O)[C@@H]1O. The molecule has 1 aliphatic rings. The zero-order chi connectivity index (χ0) is 27.2. The monoisotopic (exact) mass is 582 g/mol. The smallest absolute Gasteiger partial charge is 0.387 e. The molecule has 0 bridgehead atoms. The highest BCUT2D eigenvalue weighted by Gasteiger charge is 2.47. The Bertz CT molecular complexity index is 1430. The first kappa shape index (κ1) is 28.0. The van der Waals surface area contributed by atoms with E-state index in [0.29, 0.717) is 10.9 Å². The second kappa shape index (κ2) is 10.2. The molecule has 3 heterocycles. The summed E-state index contributed by atoms with van der Waals surface area (Å²) in [6.45, 7) is -0.958. The molecule has 0 spiro atoms. The van der Waals surface area contributed by atoms with Crippen molar-refractivity contribution in [3.05, 3.63) is 42.9 Å². The van der Waals surface area contributed by atoms with Crippen LogP contribution in [0.4, 0.5) is 5.82 Å². The van der Waals surface area contributed by atoms with Crippen molar-refractivity contribution < 1.29 is 61.4 Å². The summed E-state index contributed by atoms with van der Waals surface area (Å²) in [4.78, 5) is 44.3. The second-order valence-electron chi connectivity index (χ2n) is 7.71. The van der Waals surface area contributed by atoms with Crippen molar-refractivity contribution in [3.63, 3.8) is 0 Å². The van der Waals surface area contributed by atoms with Gasteiger partial charge in [0.25, 0.3) is 0 Å². The molecule has 0 aliphatic carbocycles. The third-order valence-electron chi connectivity index (χ3n) is 5.15. The molecule has 3 unspecified atom stereocenters. The molecule has 8 N–H and O–H groups in total. The first-order valence-electron chi connectivity index (χ1n) is 10.1. The van der Waals surface area contributed by atoms with Crippen LogP contribution < -0.4 is 5.73 Å². The maximum absolute atomic E-state index is 12.0. The van der Waals surface area contributed by atoms with Gasteiger partial charge in [0.05, 0.1) is 12.0 Å². The van der Waals surface area contributed by atoms with E-state index in [1.54, 1.807) is 30.5 Å². The van der Waals surface area contributed by atoms with Crippen molar-refractivity contribution in [2.45, 2.75) is 24.5 Å². The first-order chi connectivity index (χ1) is 17.2. The summed E-state index contributed by atoms with van der Waals surface area (Å²) >= 11 is 0. The van der Waals surface area contributed by atoms with Gasteiger partial charge in [-0.25, -0.2) is 23.7 Å². The van der Waals surface area contributed by atoms with Crippen LogP contribution in [0.25, 0.3) is 22.2 Å². The van der Waals surface area contributed by atoms with Crippen molar-refractivity contribution in [3.8, 4) is 11.1 Å². The lowest BCUT2D eigenvalue weighted by Gasteiger charge is -2.19. The van der Waals surface area contributed by atoms with Gasteiger partial charge in [-0.3, -0.25) is 4.52 Å². The number of nitrogens with zero attached hydrogens (tertiary/aromatic N) is 3. The average Bonchev–Trinajstić information content (AvgIpc) is 3.29. The van der Waals surface area contributed by atoms with E-state index in [9.17, 15) is 33.7 Å². The number of phosphoric acid groups is 3. The molecular weight excluding hydrogens is 561 g/mol. The van der Waals surface area contributed by atoms with E-state index in [2.05, 4.69) is 23.1 Å². The third kappa shape index (κ3) is 6.33. The number of rotatable bonds is 9. The fourth-order valence-corrected chi connectivity index (χ4v) is 6.74. The van der Waals surface area contributed by atoms with E-state index in [-0.39, 0.29) is 11.5 Å². The number of nitrogen functional groups attached to an aromatic ring is 1. The van der Waals surface area contributed by atoms with Crippen molar-refractivity contribution in [1.29, 1.82) is 0 Å². The Hall–Kier alpha value is -2.07. The van der Waals surface area contributed by atoms with Crippen LogP contribution >= 0.6 is 23.5 Å². The maximum atomic E-state index is 12.0. The minimum Gasteiger partial charge on any atom is -0.387 e. The number of benzene rings is 1. The number of nitrogens with two attached hydrogens (primary N) is 1. The van der Waals surface area contributed by atoms with Gasteiger partial charge in [-0.05, 0) is 5.56 Å². The van der Waals surface area contributed by atoms with Crippen LogP contribution in [0, 0.1) is 0 Å². The number of anilines is 1. The number of phosphoric ester groups is 1. The fraction of sp³-hybridized carbons (Fsp3) is 0.294. The number of hydrogen-bond donors (Lipinski definition) is 7. The van der Waals surface area contributed by atoms with Crippen molar-refractivity contribution in [2.24, 2.45) is 0 Å². The van der Waals surface area contributed by atoms with Crippen molar-refractivity contribution in [1.82, 2.24) is 14.5 Å². The first-order valence-corrected chi connectivity index (χ1v) is 14.7. The van der Waals surface area contributed by atoms with Crippen LogP contribution in [-0.2, 0) is 31.6 Å². The number of hydrogen-bond acceptors (Lipinski definition) is 12. The summed E-state index contributed by atoms with van der Waals surface area (Å²) < 4.78 is 53.0. The third-order valence-corrected chi connectivity index (χ3v) is 8.96. The van der Waals surface area contributed by atoms with Gasteiger partial charge < -0.3 is 44.8 Å². The Morgan fingerprint density at radius 3 is 2.30 bits per heavy atom. The Kier molecular flexibility index (Phi) is 7.74. The molecule has 202 valence electrons. The topological polar surface area (TPSA) is 266 Å². The zero-order valence-corrected chi connectivity index (χ0v) is 21.0. The summed E-state index contributed by atoms with van der Waals surface area (Å²) in [6, 6.07) is 9.00. The summed E-state index contributed by atoms with van der Waals surface area (Å²) in [5.41, 5.74) is 7.65. The summed E-state index contributed by atoms with van der Waals surface area (Å²) in [5, 5.41) is 21.5. The Morgan fingerprint density at radius 2 is 1.65 bits per heavy atom. The lowest BCUT2D eigenvalue weighted by molar-refractivity contribution is -0.0500. The van der Waals surface area contributed by atoms with E-state index in [1.807, 2.05) is 6.07 Å². The number of aliphatic hydroxyl groups is 2. The molecule has 1 fully saturated rings.